The maximum atomic E-state index is 12.1. The minimum Gasteiger partial charge on any atom is -0.465 e. The standard InChI is InChI=1S/C14H11NO2.C2H6/c15-11-3-4-13-9(7-11)6-10(14(13)16)8-12-2-1-5-17-12;1-2/h1-5,7-8H,6,15H2;1-2H3/b10-8+;. The molecule has 0 fully saturated rings. The first kappa shape index (κ1) is 13.1. The van der Waals surface area contributed by atoms with Gasteiger partial charge in [-0.2, -0.15) is 0 Å². The Kier molecular flexibility index (Phi) is 3.85. The lowest BCUT2D eigenvalue weighted by Gasteiger charge is -1.96. The van der Waals surface area contributed by atoms with Crippen LogP contribution in [0.4, 0.5) is 5.69 Å². The van der Waals surface area contributed by atoms with Crippen molar-refractivity contribution in [2.75, 3.05) is 5.73 Å². The van der Waals surface area contributed by atoms with Crippen LogP contribution in [0.5, 0.6) is 0 Å². The molecule has 1 heterocycles. The zero-order valence-electron chi connectivity index (χ0n) is 11.1. The number of hydrogen-bond acceptors (Lipinski definition) is 3. The first-order valence-corrected chi connectivity index (χ1v) is 6.41. The minimum absolute atomic E-state index is 0.0661. The number of carbonyl (C=O) groups excluding carboxylic acids is 1. The van der Waals surface area contributed by atoms with E-state index < -0.39 is 0 Å². The molecule has 1 aliphatic carbocycles. The molecule has 98 valence electrons. The van der Waals surface area contributed by atoms with Gasteiger partial charge in [-0.25, -0.2) is 0 Å². The molecule has 19 heavy (non-hydrogen) atoms. The number of furan rings is 1. The molecule has 0 aliphatic heterocycles. The SMILES string of the molecule is CC.Nc1ccc2c(c1)C/C(=C\c1ccco1)C2=O. The number of nitrogens with two attached hydrogens (primary N) is 1. The third kappa shape index (κ3) is 2.60. The largest absolute Gasteiger partial charge is 0.465 e. The van der Waals surface area contributed by atoms with Crippen LogP contribution in [0, 0.1) is 0 Å². The van der Waals surface area contributed by atoms with Crippen LogP contribution in [0.25, 0.3) is 6.08 Å². The van der Waals surface area contributed by atoms with Gasteiger partial charge in [0.05, 0.1) is 6.26 Å². The van der Waals surface area contributed by atoms with E-state index in [0.29, 0.717) is 17.9 Å². The average Bonchev–Trinajstić information content (AvgIpc) is 3.02. The van der Waals surface area contributed by atoms with Crippen LogP contribution in [0.3, 0.4) is 0 Å². The predicted octanol–water partition coefficient (Wildman–Crippen LogP) is 3.71. The van der Waals surface area contributed by atoms with Gasteiger partial charge < -0.3 is 10.2 Å². The van der Waals surface area contributed by atoms with Crippen molar-refractivity contribution in [2.24, 2.45) is 0 Å². The summed E-state index contributed by atoms with van der Waals surface area (Å²) in [6, 6.07) is 9.04. The molecule has 2 aromatic rings. The quantitative estimate of drug-likeness (QED) is 0.624. The summed E-state index contributed by atoms with van der Waals surface area (Å²) >= 11 is 0. The van der Waals surface area contributed by atoms with Crippen molar-refractivity contribution < 1.29 is 9.21 Å². The first-order valence-electron chi connectivity index (χ1n) is 6.41. The Morgan fingerprint density at radius 2 is 2.05 bits per heavy atom. The molecule has 0 amide bonds. The highest BCUT2D eigenvalue weighted by Gasteiger charge is 2.24. The molecular weight excluding hydrogens is 238 g/mol. The lowest BCUT2D eigenvalue weighted by Crippen LogP contribution is -1.95. The van der Waals surface area contributed by atoms with Crippen molar-refractivity contribution in [3.63, 3.8) is 0 Å². The van der Waals surface area contributed by atoms with Crippen molar-refractivity contribution in [3.8, 4) is 0 Å². The van der Waals surface area contributed by atoms with Crippen molar-refractivity contribution >= 4 is 17.5 Å². The Bertz CT molecular complexity index is 610. The number of anilines is 1. The molecule has 0 radical (unpaired) electrons. The second-order valence-corrected chi connectivity index (χ2v) is 4.11. The van der Waals surface area contributed by atoms with Gasteiger partial charge in [0, 0.05) is 23.2 Å². The number of fused-ring (bicyclic) bond motifs is 1. The number of benzene rings is 1. The Morgan fingerprint density at radius 3 is 2.74 bits per heavy atom. The van der Waals surface area contributed by atoms with Crippen LogP contribution in [0.15, 0.2) is 46.6 Å². The van der Waals surface area contributed by atoms with E-state index in [9.17, 15) is 4.79 Å². The molecule has 0 atom stereocenters. The van der Waals surface area contributed by atoms with E-state index in [-0.39, 0.29) is 5.78 Å². The number of hydrogen-bond donors (Lipinski definition) is 1. The number of allylic oxidation sites excluding steroid dienone is 1. The Balaban J connectivity index is 0.000000637. The van der Waals surface area contributed by atoms with Gasteiger partial charge in [-0.15, -0.1) is 0 Å². The van der Waals surface area contributed by atoms with Crippen molar-refractivity contribution in [1.29, 1.82) is 0 Å². The molecule has 1 aromatic carbocycles. The normalized spacial score (nSPS) is 15.1. The summed E-state index contributed by atoms with van der Waals surface area (Å²) in [6.07, 6.45) is 4.01. The maximum Gasteiger partial charge on any atom is 0.189 e. The highest BCUT2D eigenvalue weighted by atomic mass is 16.3. The van der Waals surface area contributed by atoms with Gasteiger partial charge >= 0.3 is 0 Å². The number of rotatable bonds is 1. The fraction of sp³-hybridized carbons (Fsp3) is 0.188. The third-order valence-corrected chi connectivity index (χ3v) is 2.91. The van der Waals surface area contributed by atoms with Gasteiger partial charge in [0.2, 0.25) is 0 Å². The van der Waals surface area contributed by atoms with Gasteiger partial charge in [-0.05, 0) is 42.0 Å². The smallest absolute Gasteiger partial charge is 0.189 e. The molecule has 0 unspecified atom stereocenters. The zero-order valence-corrected chi connectivity index (χ0v) is 11.1. The van der Waals surface area contributed by atoms with Gasteiger partial charge in [0.25, 0.3) is 0 Å². The molecule has 3 rings (SSSR count). The highest BCUT2D eigenvalue weighted by Crippen LogP contribution is 2.29. The molecule has 0 bridgehead atoms. The summed E-state index contributed by atoms with van der Waals surface area (Å²) in [5, 5.41) is 0. The molecule has 0 spiro atoms. The van der Waals surface area contributed by atoms with Crippen LogP contribution in [-0.4, -0.2) is 5.78 Å². The number of Topliss-reactive ketones (excluding diaryl/α,β-unsaturated/α-hetero) is 1. The number of ketones is 1. The van der Waals surface area contributed by atoms with E-state index >= 15 is 0 Å². The van der Waals surface area contributed by atoms with E-state index in [1.54, 1.807) is 30.5 Å². The molecule has 1 aromatic heterocycles. The molecule has 0 saturated carbocycles. The summed E-state index contributed by atoms with van der Waals surface area (Å²) in [5.74, 6) is 0.769. The number of nitrogen functional groups attached to an aromatic ring is 1. The molecule has 2 N–H and O–H groups in total. The summed E-state index contributed by atoms with van der Waals surface area (Å²) in [6.45, 7) is 4.00. The second-order valence-electron chi connectivity index (χ2n) is 4.11. The fourth-order valence-electron chi connectivity index (χ4n) is 2.10. The topological polar surface area (TPSA) is 56.2 Å². The summed E-state index contributed by atoms with van der Waals surface area (Å²) < 4.78 is 5.21. The van der Waals surface area contributed by atoms with Gasteiger partial charge in [-0.1, -0.05) is 13.8 Å². The monoisotopic (exact) mass is 255 g/mol. The Morgan fingerprint density at radius 1 is 1.26 bits per heavy atom. The van der Waals surface area contributed by atoms with Crippen LogP contribution in [0.2, 0.25) is 0 Å². The van der Waals surface area contributed by atoms with E-state index in [2.05, 4.69) is 0 Å². The highest BCUT2D eigenvalue weighted by molar-refractivity contribution is 6.15. The van der Waals surface area contributed by atoms with Crippen LogP contribution in [-0.2, 0) is 6.42 Å². The minimum atomic E-state index is 0.0661. The third-order valence-electron chi connectivity index (χ3n) is 2.91. The van der Waals surface area contributed by atoms with E-state index in [1.807, 2.05) is 26.0 Å². The second kappa shape index (κ2) is 5.57. The van der Waals surface area contributed by atoms with Gasteiger partial charge in [0.1, 0.15) is 5.76 Å². The van der Waals surface area contributed by atoms with E-state index in [1.165, 1.54) is 0 Å². The number of carbonyl (C=O) groups is 1. The van der Waals surface area contributed by atoms with Gasteiger partial charge in [-0.3, -0.25) is 4.79 Å². The molecule has 3 heteroatoms. The van der Waals surface area contributed by atoms with Crippen molar-refractivity contribution in [3.05, 3.63) is 59.1 Å². The Labute approximate surface area is 112 Å². The average molecular weight is 255 g/mol. The van der Waals surface area contributed by atoms with Crippen LogP contribution in [0.1, 0.15) is 35.5 Å². The maximum absolute atomic E-state index is 12.1. The lowest BCUT2D eigenvalue weighted by atomic mass is 10.1. The summed E-state index contributed by atoms with van der Waals surface area (Å²) in [5.41, 5.74) is 8.89. The van der Waals surface area contributed by atoms with Crippen molar-refractivity contribution in [2.45, 2.75) is 20.3 Å². The van der Waals surface area contributed by atoms with Gasteiger partial charge in [0.15, 0.2) is 5.78 Å². The van der Waals surface area contributed by atoms with Crippen molar-refractivity contribution in [1.82, 2.24) is 0 Å². The first-order chi connectivity index (χ1) is 9.24. The molecule has 1 aliphatic rings. The van der Waals surface area contributed by atoms with E-state index in [4.69, 9.17) is 10.2 Å². The fourth-order valence-corrected chi connectivity index (χ4v) is 2.10. The lowest BCUT2D eigenvalue weighted by molar-refractivity contribution is 0.104. The Hall–Kier alpha value is -2.29. The zero-order chi connectivity index (χ0) is 13.8. The molecular formula is C16H17NO2. The van der Waals surface area contributed by atoms with Crippen LogP contribution >= 0.6 is 0 Å². The predicted molar refractivity (Wildman–Crippen MR) is 76.9 cm³/mol. The summed E-state index contributed by atoms with van der Waals surface area (Å²) in [7, 11) is 0. The molecule has 3 nitrogen and oxygen atoms in total. The van der Waals surface area contributed by atoms with E-state index in [0.717, 1.165) is 16.7 Å². The molecule has 0 saturated heterocycles. The van der Waals surface area contributed by atoms with Crippen LogP contribution < -0.4 is 5.73 Å². The summed E-state index contributed by atoms with van der Waals surface area (Å²) in [4.78, 5) is 12.1.